The van der Waals surface area contributed by atoms with Crippen LogP contribution in [0.15, 0.2) is 10.6 Å². The van der Waals surface area contributed by atoms with Gasteiger partial charge in [0.1, 0.15) is 0 Å². The molecule has 4 N–H and O–H groups in total. The number of aromatic nitrogens is 1. The quantitative estimate of drug-likeness (QED) is 0.734. The number of hydrogen-bond donors (Lipinski definition) is 2. The maximum absolute atomic E-state index is 10.7. The standard InChI is InChI=1S/C7H11N3O2.ClH/c1-4(7(9)11)6-2-5(3-8)12-10-6;/h2,4H,3,8H2,1H3,(H2,9,11);1H. The van der Waals surface area contributed by atoms with Gasteiger partial charge in [-0.15, -0.1) is 12.4 Å². The number of amides is 1. The summed E-state index contributed by atoms with van der Waals surface area (Å²) in [6.07, 6.45) is 0. The molecule has 0 spiro atoms. The molecule has 5 nitrogen and oxygen atoms in total. The Labute approximate surface area is 81.9 Å². The van der Waals surface area contributed by atoms with E-state index in [9.17, 15) is 4.79 Å². The van der Waals surface area contributed by atoms with Crippen molar-refractivity contribution < 1.29 is 9.32 Å². The van der Waals surface area contributed by atoms with E-state index in [1.165, 1.54) is 0 Å². The second-order valence-electron chi connectivity index (χ2n) is 2.55. The topological polar surface area (TPSA) is 95.1 Å². The Morgan fingerprint density at radius 3 is 2.77 bits per heavy atom. The number of carbonyl (C=O) groups is 1. The van der Waals surface area contributed by atoms with Gasteiger partial charge >= 0.3 is 0 Å². The molecule has 1 unspecified atom stereocenters. The van der Waals surface area contributed by atoms with Gasteiger partial charge in [-0.3, -0.25) is 4.79 Å². The van der Waals surface area contributed by atoms with E-state index >= 15 is 0 Å². The number of carbonyl (C=O) groups excluding carboxylic acids is 1. The fraction of sp³-hybridized carbons (Fsp3) is 0.429. The van der Waals surface area contributed by atoms with E-state index in [0.717, 1.165) is 0 Å². The Bertz CT molecular complexity index is 287. The van der Waals surface area contributed by atoms with Gasteiger partial charge in [-0.2, -0.15) is 0 Å². The van der Waals surface area contributed by atoms with Crippen molar-refractivity contribution in [2.45, 2.75) is 19.4 Å². The molecule has 1 heterocycles. The SMILES string of the molecule is CC(C(N)=O)c1cc(CN)on1.Cl. The lowest BCUT2D eigenvalue weighted by Crippen LogP contribution is -2.18. The molecule has 1 aromatic rings. The molecule has 0 saturated carbocycles. The van der Waals surface area contributed by atoms with Gasteiger partial charge in [0, 0.05) is 6.07 Å². The summed E-state index contributed by atoms with van der Waals surface area (Å²) in [6, 6.07) is 1.63. The van der Waals surface area contributed by atoms with Gasteiger partial charge < -0.3 is 16.0 Å². The molecule has 1 aromatic heterocycles. The fourth-order valence-corrected chi connectivity index (χ4v) is 0.775. The molecule has 1 rings (SSSR count). The monoisotopic (exact) mass is 205 g/mol. The summed E-state index contributed by atoms with van der Waals surface area (Å²) in [4.78, 5) is 10.7. The van der Waals surface area contributed by atoms with Crippen molar-refractivity contribution in [2.24, 2.45) is 11.5 Å². The zero-order valence-corrected chi connectivity index (χ0v) is 8.00. The van der Waals surface area contributed by atoms with E-state index in [4.69, 9.17) is 16.0 Å². The second-order valence-corrected chi connectivity index (χ2v) is 2.55. The zero-order chi connectivity index (χ0) is 9.14. The van der Waals surface area contributed by atoms with Crippen molar-refractivity contribution in [3.63, 3.8) is 0 Å². The molecule has 74 valence electrons. The summed E-state index contributed by atoms with van der Waals surface area (Å²) < 4.78 is 4.80. The largest absolute Gasteiger partial charge is 0.369 e. The van der Waals surface area contributed by atoms with Crippen LogP contribution in [0.1, 0.15) is 24.3 Å². The average Bonchev–Trinajstić information content (AvgIpc) is 2.50. The number of nitrogens with two attached hydrogens (primary N) is 2. The van der Waals surface area contributed by atoms with Gasteiger partial charge in [-0.1, -0.05) is 5.16 Å². The highest BCUT2D eigenvalue weighted by Crippen LogP contribution is 2.13. The van der Waals surface area contributed by atoms with Crippen LogP contribution in [0.25, 0.3) is 0 Å². The van der Waals surface area contributed by atoms with Crippen molar-refractivity contribution in [2.75, 3.05) is 0 Å². The van der Waals surface area contributed by atoms with Crippen LogP contribution in [-0.4, -0.2) is 11.1 Å². The van der Waals surface area contributed by atoms with Crippen LogP contribution in [0.2, 0.25) is 0 Å². The third-order valence-corrected chi connectivity index (χ3v) is 1.65. The van der Waals surface area contributed by atoms with Gasteiger partial charge in [0.25, 0.3) is 0 Å². The highest BCUT2D eigenvalue weighted by atomic mass is 35.5. The lowest BCUT2D eigenvalue weighted by atomic mass is 10.1. The molecule has 1 amide bonds. The summed E-state index contributed by atoms with van der Waals surface area (Å²) in [5.41, 5.74) is 10.9. The molecular weight excluding hydrogens is 194 g/mol. The first-order chi connectivity index (χ1) is 5.65. The summed E-state index contributed by atoms with van der Waals surface area (Å²) in [5, 5.41) is 3.65. The highest BCUT2D eigenvalue weighted by Gasteiger charge is 2.15. The van der Waals surface area contributed by atoms with Crippen molar-refractivity contribution in [3.8, 4) is 0 Å². The minimum Gasteiger partial charge on any atom is -0.369 e. The highest BCUT2D eigenvalue weighted by molar-refractivity contribution is 5.85. The molecule has 0 aromatic carbocycles. The summed E-state index contributed by atoms with van der Waals surface area (Å²) in [7, 11) is 0. The van der Waals surface area contributed by atoms with Gasteiger partial charge in [-0.25, -0.2) is 0 Å². The Hall–Kier alpha value is -1.07. The Kier molecular flexibility index (Phi) is 4.44. The van der Waals surface area contributed by atoms with Gasteiger partial charge in [-0.05, 0) is 6.92 Å². The first-order valence-electron chi connectivity index (χ1n) is 3.60. The smallest absolute Gasteiger partial charge is 0.226 e. The van der Waals surface area contributed by atoms with Crippen LogP contribution < -0.4 is 11.5 Å². The van der Waals surface area contributed by atoms with Crippen LogP contribution in [-0.2, 0) is 11.3 Å². The molecule has 0 saturated heterocycles. The minimum absolute atomic E-state index is 0. The van der Waals surface area contributed by atoms with E-state index < -0.39 is 11.8 Å². The second kappa shape index (κ2) is 4.84. The summed E-state index contributed by atoms with van der Waals surface area (Å²) in [5.74, 6) is -0.293. The average molecular weight is 206 g/mol. The molecule has 0 fully saturated rings. The molecular formula is C7H12ClN3O2. The summed E-state index contributed by atoms with van der Waals surface area (Å²) in [6.45, 7) is 1.94. The van der Waals surface area contributed by atoms with Crippen LogP contribution >= 0.6 is 12.4 Å². The Morgan fingerprint density at radius 2 is 2.38 bits per heavy atom. The number of rotatable bonds is 3. The van der Waals surface area contributed by atoms with Gasteiger partial charge in [0.05, 0.1) is 18.2 Å². The number of hydrogen-bond acceptors (Lipinski definition) is 4. The predicted octanol–water partition coefficient (Wildman–Crippen LogP) is 0.144. The third-order valence-electron chi connectivity index (χ3n) is 1.65. The summed E-state index contributed by atoms with van der Waals surface area (Å²) >= 11 is 0. The molecule has 6 heteroatoms. The first-order valence-corrected chi connectivity index (χ1v) is 3.60. The van der Waals surface area contributed by atoms with E-state index in [1.54, 1.807) is 13.0 Å². The van der Waals surface area contributed by atoms with Crippen LogP contribution in [0.3, 0.4) is 0 Å². The molecule has 0 aliphatic rings. The zero-order valence-electron chi connectivity index (χ0n) is 7.19. The maximum atomic E-state index is 10.7. The normalized spacial score (nSPS) is 11.8. The number of halogens is 1. The van der Waals surface area contributed by atoms with Crippen LogP contribution in [0, 0.1) is 0 Å². The Balaban J connectivity index is 0.00000144. The van der Waals surface area contributed by atoms with Crippen molar-refractivity contribution in [3.05, 3.63) is 17.5 Å². The molecule has 0 aliphatic heterocycles. The van der Waals surface area contributed by atoms with E-state index in [0.29, 0.717) is 11.5 Å². The molecule has 1 atom stereocenters. The molecule has 0 bridgehead atoms. The van der Waals surface area contributed by atoms with Gasteiger partial charge in [0.2, 0.25) is 5.91 Å². The van der Waals surface area contributed by atoms with E-state index in [-0.39, 0.29) is 19.0 Å². The predicted molar refractivity (Wildman–Crippen MR) is 49.3 cm³/mol. The van der Waals surface area contributed by atoms with Crippen molar-refractivity contribution in [1.82, 2.24) is 5.16 Å². The van der Waals surface area contributed by atoms with E-state index in [1.807, 2.05) is 0 Å². The first kappa shape index (κ1) is 11.9. The molecule has 13 heavy (non-hydrogen) atoms. The van der Waals surface area contributed by atoms with E-state index in [2.05, 4.69) is 5.16 Å². The maximum Gasteiger partial charge on any atom is 0.226 e. The lowest BCUT2D eigenvalue weighted by molar-refractivity contribution is -0.119. The van der Waals surface area contributed by atoms with Gasteiger partial charge in [0.15, 0.2) is 5.76 Å². The van der Waals surface area contributed by atoms with Crippen molar-refractivity contribution >= 4 is 18.3 Å². The van der Waals surface area contributed by atoms with Crippen LogP contribution in [0.4, 0.5) is 0 Å². The number of nitrogens with zero attached hydrogens (tertiary/aromatic N) is 1. The third kappa shape index (κ3) is 2.71. The minimum atomic E-state index is -0.424. The lowest BCUT2D eigenvalue weighted by Gasteiger charge is -1.98. The molecule has 0 aliphatic carbocycles. The molecule has 0 radical (unpaired) electrons. The number of primary amides is 1. The van der Waals surface area contributed by atoms with Crippen molar-refractivity contribution in [1.29, 1.82) is 0 Å². The fourth-order valence-electron chi connectivity index (χ4n) is 0.775. The Morgan fingerprint density at radius 1 is 1.77 bits per heavy atom. The van der Waals surface area contributed by atoms with Crippen LogP contribution in [0.5, 0.6) is 0 Å².